The summed E-state index contributed by atoms with van der Waals surface area (Å²) >= 11 is 0. The normalized spacial score (nSPS) is 11.2. The number of hydrogen-bond acceptors (Lipinski definition) is 4. The van der Waals surface area contributed by atoms with Crippen molar-refractivity contribution in [3.05, 3.63) is 23.8 Å². The maximum Gasteiger partial charge on any atom is 0.389 e. The number of nitrogens with two attached hydrogens (primary N) is 1. The molecular formula is C12H14F3NO3. The lowest BCUT2D eigenvalue weighted by Gasteiger charge is -2.09. The van der Waals surface area contributed by atoms with Gasteiger partial charge in [0, 0.05) is 6.42 Å². The van der Waals surface area contributed by atoms with Gasteiger partial charge in [0.2, 0.25) is 0 Å². The van der Waals surface area contributed by atoms with Crippen LogP contribution in [0, 0.1) is 0 Å². The van der Waals surface area contributed by atoms with Crippen molar-refractivity contribution in [2.75, 3.05) is 19.5 Å². The molecule has 0 saturated heterocycles. The summed E-state index contributed by atoms with van der Waals surface area (Å²) < 4.78 is 45.3. The van der Waals surface area contributed by atoms with Crippen LogP contribution in [0.1, 0.15) is 23.2 Å². The number of methoxy groups -OCH3 is 1. The molecule has 0 aliphatic carbocycles. The molecule has 0 aliphatic rings. The van der Waals surface area contributed by atoms with E-state index < -0.39 is 18.6 Å². The maximum absolute atomic E-state index is 11.9. The zero-order chi connectivity index (χ0) is 14.5. The monoisotopic (exact) mass is 277 g/mol. The number of halogens is 3. The largest absolute Gasteiger partial charge is 0.495 e. The fraction of sp³-hybridized carbons (Fsp3) is 0.417. The number of esters is 1. The van der Waals surface area contributed by atoms with E-state index in [1.807, 2.05) is 0 Å². The molecule has 0 aromatic heterocycles. The number of benzene rings is 1. The minimum atomic E-state index is -4.24. The predicted molar refractivity (Wildman–Crippen MR) is 63.0 cm³/mol. The highest BCUT2D eigenvalue weighted by Crippen LogP contribution is 2.23. The van der Waals surface area contributed by atoms with E-state index >= 15 is 0 Å². The zero-order valence-corrected chi connectivity index (χ0v) is 10.3. The van der Waals surface area contributed by atoms with Gasteiger partial charge in [-0.15, -0.1) is 0 Å². The van der Waals surface area contributed by atoms with Gasteiger partial charge in [0.25, 0.3) is 0 Å². The minimum Gasteiger partial charge on any atom is -0.495 e. The first-order valence-electron chi connectivity index (χ1n) is 5.51. The van der Waals surface area contributed by atoms with Gasteiger partial charge in [-0.05, 0) is 24.6 Å². The van der Waals surface area contributed by atoms with E-state index in [0.29, 0.717) is 11.4 Å². The van der Waals surface area contributed by atoms with E-state index in [0.717, 1.165) is 0 Å². The summed E-state index contributed by atoms with van der Waals surface area (Å²) in [6, 6.07) is 4.26. The number of carbonyl (C=O) groups excluding carboxylic acids is 1. The molecule has 1 aromatic rings. The highest BCUT2D eigenvalue weighted by Gasteiger charge is 2.26. The van der Waals surface area contributed by atoms with Crippen molar-refractivity contribution in [2.45, 2.75) is 19.0 Å². The Balaban J connectivity index is 2.50. The van der Waals surface area contributed by atoms with Gasteiger partial charge in [0.05, 0.1) is 25.0 Å². The Morgan fingerprint density at radius 1 is 1.37 bits per heavy atom. The molecule has 0 saturated carbocycles. The van der Waals surface area contributed by atoms with Crippen LogP contribution in [0.2, 0.25) is 0 Å². The first kappa shape index (κ1) is 15.1. The molecule has 0 heterocycles. The van der Waals surface area contributed by atoms with Gasteiger partial charge in [0.15, 0.2) is 0 Å². The van der Waals surface area contributed by atoms with Gasteiger partial charge in [-0.3, -0.25) is 0 Å². The first-order chi connectivity index (χ1) is 8.83. The number of anilines is 1. The van der Waals surface area contributed by atoms with Crippen LogP contribution in [0.15, 0.2) is 18.2 Å². The van der Waals surface area contributed by atoms with Crippen molar-refractivity contribution in [1.82, 2.24) is 0 Å². The van der Waals surface area contributed by atoms with Crippen LogP contribution < -0.4 is 10.5 Å². The van der Waals surface area contributed by atoms with Gasteiger partial charge in [-0.1, -0.05) is 0 Å². The number of nitrogen functional groups attached to an aromatic ring is 1. The van der Waals surface area contributed by atoms with E-state index in [9.17, 15) is 18.0 Å². The number of ether oxygens (including phenoxy) is 2. The Labute approximate surface area is 108 Å². The summed E-state index contributed by atoms with van der Waals surface area (Å²) in [5.41, 5.74) is 6.10. The van der Waals surface area contributed by atoms with E-state index in [1.54, 1.807) is 0 Å². The lowest BCUT2D eigenvalue weighted by atomic mass is 10.2. The van der Waals surface area contributed by atoms with Gasteiger partial charge >= 0.3 is 12.1 Å². The Morgan fingerprint density at radius 3 is 2.63 bits per heavy atom. The summed E-state index contributed by atoms with van der Waals surface area (Å²) in [6.45, 7) is -0.287. The van der Waals surface area contributed by atoms with E-state index in [-0.39, 0.29) is 18.6 Å². The second-order valence-corrected chi connectivity index (χ2v) is 3.81. The van der Waals surface area contributed by atoms with Crippen molar-refractivity contribution in [2.24, 2.45) is 0 Å². The number of alkyl halides is 3. The van der Waals surface area contributed by atoms with Crippen LogP contribution in [-0.4, -0.2) is 25.9 Å². The van der Waals surface area contributed by atoms with Gasteiger partial charge < -0.3 is 15.2 Å². The van der Waals surface area contributed by atoms with Crippen LogP contribution in [0.4, 0.5) is 18.9 Å². The fourth-order valence-corrected chi connectivity index (χ4v) is 1.36. The molecule has 4 nitrogen and oxygen atoms in total. The highest BCUT2D eigenvalue weighted by molar-refractivity contribution is 5.90. The van der Waals surface area contributed by atoms with Crippen molar-refractivity contribution in [1.29, 1.82) is 0 Å². The molecule has 0 unspecified atom stereocenters. The molecule has 0 atom stereocenters. The van der Waals surface area contributed by atoms with Crippen molar-refractivity contribution in [3.8, 4) is 5.75 Å². The third-order valence-corrected chi connectivity index (χ3v) is 2.31. The molecular weight excluding hydrogens is 263 g/mol. The lowest BCUT2D eigenvalue weighted by molar-refractivity contribution is -0.137. The first-order valence-corrected chi connectivity index (χ1v) is 5.51. The Kier molecular flexibility index (Phi) is 5.02. The van der Waals surface area contributed by atoms with Crippen LogP contribution in [0.5, 0.6) is 5.75 Å². The van der Waals surface area contributed by atoms with Crippen molar-refractivity contribution in [3.63, 3.8) is 0 Å². The Bertz CT molecular complexity index is 446. The topological polar surface area (TPSA) is 61.5 Å². The standard InChI is InChI=1S/C12H14F3NO3/c1-18-10-7-8(3-4-9(10)16)11(17)19-6-2-5-12(13,14)15/h3-4,7H,2,5-6,16H2,1H3. The number of carbonyl (C=O) groups is 1. The molecule has 19 heavy (non-hydrogen) atoms. The molecule has 0 fully saturated rings. The third-order valence-electron chi connectivity index (χ3n) is 2.31. The second-order valence-electron chi connectivity index (χ2n) is 3.81. The average Bonchev–Trinajstić information content (AvgIpc) is 2.33. The van der Waals surface area contributed by atoms with Gasteiger partial charge in [0.1, 0.15) is 5.75 Å². The highest BCUT2D eigenvalue weighted by atomic mass is 19.4. The van der Waals surface area contributed by atoms with Crippen LogP contribution in [-0.2, 0) is 4.74 Å². The molecule has 0 bridgehead atoms. The summed E-state index contributed by atoms with van der Waals surface area (Å²) in [7, 11) is 1.39. The van der Waals surface area contributed by atoms with E-state index in [1.165, 1.54) is 25.3 Å². The fourth-order valence-electron chi connectivity index (χ4n) is 1.36. The van der Waals surface area contributed by atoms with E-state index in [2.05, 4.69) is 0 Å². The second kappa shape index (κ2) is 6.31. The Morgan fingerprint density at radius 2 is 2.05 bits per heavy atom. The third kappa shape index (κ3) is 5.07. The lowest BCUT2D eigenvalue weighted by Crippen LogP contribution is -2.11. The Hall–Kier alpha value is -1.92. The van der Waals surface area contributed by atoms with Crippen LogP contribution in [0.3, 0.4) is 0 Å². The summed E-state index contributed by atoms with van der Waals surface area (Å²) in [5, 5.41) is 0. The van der Waals surface area contributed by atoms with Crippen molar-refractivity contribution >= 4 is 11.7 Å². The minimum absolute atomic E-state index is 0.179. The van der Waals surface area contributed by atoms with Crippen LogP contribution in [0.25, 0.3) is 0 Å². The molecule has 7 heteroatoms. The number of hydrogen-bond donors (Lipinski definition) is 1. The molecule has 0 aliphatic heterocycles. The van der Waals surface area contributed by atoms with Crippen molar-refractivity contribution < 1.29 is 27.4 Å². The summed E-state index contributed by atoms with van der Waals surface area (Å²) in [4.78, 5) is 11.5. The molecule has 1 aromatic carbocycles. The molecule has 0 spiro atoms. The smallest absolute Gasteiger partial charge is 0.389 e. The van der Waals surface area contributed by atoms with Gasteiger partial charge in [-0.25, -0.2) is 4.79 Å². The molecule has 2 N–H and O–H groups in total. The molecule has 0 amide bonds. The summed E-state index contributed by atoms with van der Waals surface area (Å²) in [5.74, 6) is -0.398. The van der Waals surface area contributed by atoms with Gasteiger partial charge in [-0.2, -0.15) is 13.2 Å². The SMILES string of the molecule is COc1cc(C(=O)OCCCC(F)(F)F)ccc1N. The molecule has 1 rings (SSSR count). The molecule has 106 valence electrons. The summed E-state index contributed by atoms with van der Waals surface area (Å²) in [6.07, 6.45) is -5.48. The maximum atomic E-state index is 11.9. The van der Waals surface area contributed by atoms with Crippen LogP contribution >= 0.6 is 0 Å². The number of rotatable bonds is 5. The quantitative estimate of drug-likeness (QED) is 0.510. The molecule has 0 radical (unpaired) electrons. The predicted octanol–water partition coefficient (Wildman–Crippen LogP) is 2.78. The average molecular weight is 277 g/mol. The van der Waals surface area contributed by atoms with E-state index in [4.69, 9.17) is 15.2 Å². The zero-order valence-electron chi connectivity index (χ0n) is 10.3.